The normalized spacial score (nSPS) is 11.2. The summed E-state index contributed by atoms with van der Waals surface area (Å²) in [4.78, 5) is 28.0. The molecule has 186 valence electrons. The van der Waals surface area contributed by atoms with Crippen LogP contribution in [0.25, 0.3) is 11.4 Å². The fraction of sp³-hybridized carbons (Fsp3) is 0.421. The quantitative estimate of drug-likeness (QED) is 0.532. The number of benzene rings is 1. The Morgan fingerprint density at radius 1 is 1.03 bits per heavy atom. The van der Waals surface area contributed by atoms with Crippen LogP contribution in [0.4, 0.5) is 26.3 Å². The fourth-order valence-corrected chi connectivity index (χ4v) is 1.97. The Balaban J connectivity index is 0.000000605. The number of hydrogen-bond donors (Lipinski definition) is 3. The number of rotatable bonds is 6. The maximum Gasteiger partial charge on any atom is 0.490 e. The fourth-order valence-electron chi connectivity index (χ4n) is 1.97. The highest BCUT2D eigenvalue weighted by Gasteiger charge is 2.38. The second kappa shape index (κ2) is 13.4. The van der Waals surface area contributed by atoms with E-state index in [1.165, 1.54) is 0 Å². The smallest absolute Gasteiger partial charge is 0.475 e. The molecule has 3 N–H and O–H groups in total. The maximum absolute atomic E-state index is 10.6. The van der Waals surface area contributed by atoms with E-state index >= 15 is 0 Å². The van der Waals surface area contributed by atoms with Gasteiger partial charge in [-0.05, 0) is 14.0 Å². The van der Waals surface area contributed by atoms with Gasteiger partial charge in [-0.15, -0.1) is 0 Å². The number of hydrogen-bond acceptors (Lipinski definition) is 5. The Labute approximate surface area is 184 Å². The van der Waals surface area contributed by atoms with Gasteiger partial charge in [-0.3, -0.25) is 4.90 Å². The lowest BCUT2D eigenvalue weighted by atomic mass is 10.2. The van der Waals surface area contributed by atoms with E-state index in [0.29, 0.717) is 0 Å². The predicted octanol–water partition coefficient (Wildman–Crippen LogP) is 3.73. The third-order valence-corrected chi connectivity index (χ3v) is 3.61. The summed E-state index contributed by atoms with van der Waals surface area (Å²) in [6, 6.07) is 10.2. The molecule has 14 heteroatoms. The van der Waals surface area contributed by atoms with Gasteiger partial charge in [0, 0.05) is 31.5 Å². The highest BCUT2D eigenvalue weighted by molar-refractivity contribution is 5.73. The van der Waals surface area contributed by atoms with Crippen LogP contribution < -0.4 is 0 Å². The number of alkyl halides is 6. The number of carboxylic acid groups (broad SMARTS) is 2. The first-order valence-corrected chi connectivity index (χ1v) is 8.98. The molecule has 2 rings (SSSR count). The number of halogens is 6. The molecule has 0 amide bonds. The molecule has 0 radical (unpaired) electrons. The Hall–Kier alpha value is -3.13. The van der Waals surface area contributed by atoms with E-state index in [1.807, 2.05) is 18.2 Å². The van der Waals surface area contributed by atoms with Crippen LogP contribution in [-0.2, 0) is 20.9 Å². The average molecular weight is 487 g/mol. The molecular formula is C19H23F6N3O5. The molecule has 0 unspecified atom stereocenters. The number of aromatic nitrogens is 2. The van der Waals surface area contributed by atoms with Crippen molar-refractivity contribution in [2.24, 2.45) is 0 Å². The molecule has 0 atom stereocenters. The first-order chi connectivity index (χ1) is 15.1. The van der Waals surface area contributed by atoms with Crippen molar-refractivity contribution in [1.29, 1.82) is 0 Å². The molecule has 0 aliphatic heterocycles. The van der Waals surface area contributed by atoms with E-state index in [4.69, 9.17) is 29.5 Å². The topological polar surface area (TPSA) is 116 Å². The highest BCUT2D eigenvalue weighted by atomic mass is 19.4. The van der Waals surface area contributed by atoms with E-state index < -0.39 is 24.3 Å². The Morgan fingerprint density at radius 3 is 1.88 bits per heavy atom. The third kappa shape index (κ3) is 12.5. The number of H-pyrrole nitrogens is 1. The molecule has 1 aromatic heterocycles. The number of carboxylic acids is 2. The van der Waals surface area contributed by atoms with Gasteiger partial charge in [-0.2, -0.15) is 26.3 Å². The number of nitrogens with zero attached hydrogens (tertiary/aromatic N) is 2. The zero-order valence-electron chi connectivity index (χ0n) is 17.8. The van der Waals surface area contributed by atoms with Crippen LogP contribution in [-0.4, -0.2) is 76.7 Å². The molecule has 0 spiro atoms. The molecule has 8 nitrogen and oxygen atoms in total. The second-order valence-corrected chi connectivity index (χ2v) is 6.36. The number of nitrogens with one attached hydrogen (secondary N) is 1. The van der Waals surface area contributed by atoms with Crippen LogP contribution in [0.1, 0.15) is 11.4 Å². The molecule has 0 fully saturated rings. The molecule has 1 heterocycles. The summed E-state index contributed by atoms with van der Waals surface area (Å²) in [7, 11) is 3.80. The summed E-state index contributed by atoms with van der Waals surface area (Å²) in [5.41, 5.74) is 3.34. The van der Waals surface area contributed by atoms with Crippen LogP contribution in [0, 0.1) is 6.92 Å². The largest absolute Gasteiger partial charge is 0.490 e. The Morgan fingerprint density at radius 2 is 1.48 bits per heavy atom. The second-order valence-electron chi connectivity index (χ2n) is 6.36. The lowest BCUT2D eigenvalue weighted by molar-refractivity contribution is -0.193. The number of carbonyl (C=O) groups is 2. The van der Waals surface area contributed by atoms with Crippen molar-refractivity contribution in [2.75, 3.05) is 27.3 Å². The number of aryl methyl sites for hydroxylation is 1. The number of likely N-dealkylation sites (N-methyl/N-ethyl adjacent to an activating group) is 1. The summed E-state index contributed by atoms with van der Waals surface area (Å²) < 4.78 is 68.6. The molecule has 0 bridgehead atoms. The Kier molecular flexibility index (Phi) is 12.2. The minimum Gasteiger partial charge on any atom is -0.475 e. The van der Waals surface area contributed by atoms with Crippen LogP contribution in [0.5, 0.6) is 0 Å². The number of ether oxygens (including phenoxy) is 1. The van der Waals surface area contributed by atoms with Gasteiger partial charge in [-0.25, -0.2) is 14.6 Å². The summed E-state index contributed by atoms with van der Waals surface area (Å²) in [5.74, 6) is -4.58. The van der Waals surface area contributed by atoms with E-state index in [9.17, 15) is 26.3 Å². The highest BCUT2D eigenvalue weighted by Crippen LogP contribution is 2.18. The maximum atomic E-state index is 10.6. The van der Waals surface area contributed by atoms with Gasteiger partial charge in [0.2, 0.25) is 0 Å². The number of imidazole rings is 1. The van der Waals surface area contributed by atoms with Gasteiger partial charge in [0.15, 0.2) is 0 Å². The summed E-state index contributed by atoms with van der Waals surface area (Å²) in [6.07, 6.45) is -10.2. The van der Waals surface area contributed by atoms with Crippen molar-refractivity contribution in [2.45, 2.75) is 25.8 Å². The molecular weight excluding hydrogens is 464 g/mol. The van der Waals surface area contributed by atoms with Crippen molar-refractivity contribution < 1.29 is 50.9 Å². The minimum atomic E-state index is -5.08. The van der Waals surface area contributed by atoms with E-state index in [2.05, 4.69) is 36.0 Å². The zero-order chi connectivity index (χ0) is 25.8. The van der Waals surface area contributed by atoms with Crippen molar-refractivity contribution in [3.05, 3.63) is 41.7 Å². The molecule has 0 aliphatic rings. The van der Waals surface area contributed by atoms with Crippen LogP contribution in [0.15, 0.2) is 30.3 Å². The molecule has 2 aromatic rings. The van der Waals surface area contributed by atoms with Crippen LogP contribution >= 0.6 is 0 Å². The monoisotopic (exact) mass is 487 g/mol. The first kappa shape index (κ1) is 29.9. The Bertz CT molecular complexity index is 845. The molecule has 33 heavy (non-hydrogen) atoms. The van der Waals surface area contributed by atoms with Gasteiger partial charge < -0.3 is 19.9 Å². The molecule has 0 saturated heterocycles. The van der Waals surface area contributed by atoms with Crippen molar-refractivity contribution in [3.63, 3.8) is 0 Å². The predicted molar refractivity (Wildman–Crippen MR) is 104 cm³/mol. The van der Waals surface area contributed by atoms with Crippen molar-refractivity contribution >= 4 is 11.9 Å². The number of methoxy groups -OCH3 is 1. The van der Waals surface area contributed by atoms with E-state index in [-0.39, 0.29) is 0 Å². The van der Waals surface area contributed by atoms with E-state index in [1.54, 1.807) is 7.11 Å². The summed E-state index contributed by atoms with van der Waals surface area (Å²) >= 11 is 0. The lowest BCUT2D eigenvalue weighted by Gasteiger charge is -2.14. The molecule has 1 aromatic carbocycles. The standard InChI is InChI=1S/C15H21N3O.2C2HF3O2/c1-12-14(11-18(2)9-10-19-3)17-15(16-12)13-7-5-4-6-8-13;2*3-2(4,5)1(6)7/h4-8H,9-11H2,1-3H3,(H,16,17);2*(H,6,7). The molecule has 0 saturated carbocycles. The van der Waals surface area contributed by atoms with Gasteiger partial charge in [0.25, 0.3) is 0 Å². The SMILES string of the molecule is COCCN(C)Cc1nc(-c2ccccc2)[nH]c1C.O=C(O)C(F)(F)F.O=C(O)C(F)(F)F. The van der Waals surface area contributed by atoms with Crippen molar-refractivity contribution in [3.8, 4) is 11.4 Å². The third-order valence-electron chi connectivity index (χ3n) is 3.61. The number of aromatic amines is 1. The summed E-state index contributed by atoms with van der Waals surface area (Å²) in [5, 5.41) is 14.2. The van der Waals surface area contributed by atoms with Crippen LogP contribution in [0.2, 0.25) is 0 Å². The number of aliphatic carboxylic acids is 2. The van der Waals surface area contributed by atoms with Gasteiger partial charge in [0.05, 0.1) is 12.3 Å². The molecule has 0 aliphatic carbocycles. The van der Waals surface area contributed by atoms with Gasteiger partial charge in [-0.1, -0.05) is 30.3 Å². The van der Waals surface area contributed by atoms with E-state index in [0.717, 1.165) is 42.5 Å². The lowest BCUT2D eigenvalue weighted by Crippen LogP contribution is -2.22. The van der Waals surface area contributed by atoms with Gasteiger partial charge in [0.1, 0.15) is 5.82 Å². The average Bonchev–Trinajstić information content (AvgIpc) is 3.07. The first-order valence-electron chi connectivity index (χ1n) is 8.98. The van der Waals surface area contributed by atoms with Crippen LogP contribution in [0.3, 0.4) is 0 Å². The minimum absolute atomic E-state index is 0.742. The van der Waals surface area contributed by atoms with Gasteiger partial charge >= 0.3 is 24.3 Å². The summed E-state index contributed by atoms with van der Waals surface area (Å²) in [6.45, 7) is 4.55. The van der Waals surface area contributed by atoms with Crippen molar-refractivity contribution in [1.82, 2.24) is 14.9 Å². The zero-order valence-corrected chi connectivity index (χ0v) is 17.8.